The van der Waals surface area contributed by atoms with E-state index in [-0.39, 0.29) is 17.7 Å². The second kappa shape index (κ2) is 8.71. The first-order valence-corrected chi connectivity index (χ1v) is 12.1. The van der Waals surface area contributed by atoms with Crippen molar-refractivity contribution in [2.24, 2.45) is 17.8 Å². The predicted octanol–water partition coefficient (Wildman–Crippen LogP) is 5.92. The standard InChI is InChI=1S/C23H25ClN4O2S/c1-14(19-12-15-4-5-16(19)11-15)28-22(20-3-2-10-30-20)26-27-23(28)31-13-21(29)25-18-8-6-17(24)7-9-18/h2-3,6-10,14-16,19H,4-5,11-13H2,1H3,(H,25,29)/t14-,15+,16+,19-/m1/s1. The molecule has 3 aromatic rings. The topological polar surface area (TPSA) is 73.0 Å². The second-order valence-corrected chi connectivity index (χ2v) is 9.96. The number of carbonyl (C=O) groups excluding carboxylic acids is 1. The van der Waals surface area contributed by atoms with Crippen LogP contribution in [0.25, 0.3) is 11.6 Å². The molecule has 4 atom stereocenters. The summed E-state index contributed by atoms with van der Waals surface area (Å²) in [6, 6.07) is 11.1. The van der Waals surface area contributed by atoms with Crippen LogP contribution in [-0.4, -0.2) is 26.4 Å². The molecule has 1 aromatic carbocycles. The van der Waals surface area contributed by atoms with E-state index in [1.54, 1.807) is 30.5 Å². The highest BCUT2D eigenvalue weighted by Gasteiger charge is 2.43. The van der Waals surface area contributed by atoms with Gasteiger partial charge in [-0.25, -0.2) is 0 Å². The fraction of sp³-hybridized carbons (Fsp3) is 0.435. The molecule has 0 aliphatic heterocycles. The number of hydrogen-bond donors (Lipinski definition) is 1. The van der Waals surface area contributed by atoms with Crippen LogP contribution < -0.4 is 5.32 Å². The van der Waals surface area contributed by atoms with Gasteiger partial charge in [-0.15, -0.1) is 10.2 Å². The maximum absolute atomic E-state index is 12.5. The number of carbonyl (C=O) groups is 1. The number of halogens is 1. The molecule has 31 heavy (non-hydrogen) atoms. The Morgan fingerprint density at radius 3 is 2.77 bits per heavy atom. The van der Waals surface area contributed by atoms with Gasteiger partial charge in [0.25, 0.3) is 0 Å². The molecule has 0 unspecified atom stereocenters. The third kappa shape index (κ3) is 4.26. The lowest BCUT2D eigenvalue weighted by Gasteiger charge is -2.30. The molecule has 2 bridgehead atoms. The van der Waals surface area contributed by atoms with Gasteiger partial charge >= 0.3 is 0 Å². The van der Waals surface area contributed by atoms with Gasteiger partial charge in [0.05, 0.1) is 12.0 Å². The van der Waals surface area contributed by atoms with Crippen LogP contribution in [0.15, 0.2) is 52.2 Å². The first-order valence-electron chi connectivity index (χ1n) is 10.8. The molecule has 6 nitrogen and oxygen atoms in total. The van der Waals surface area contributed by atoms with Crippen molar-refractivity contribution < 1.29 is 9.21 Å². The number of benzene rings is 1. The lowest BCUT2D eigenvalue weighted by molar-refractivity contribution is -0.113. The van der Waals surface area contributed by atoms with Gasteiger partial charge in [0.15, 0.2) is 10.9 Å². The smallest absolute Gasteiger partial charge is 0.234 e. The highest BCUT2D eigenvalue weighted by Crippen LogP contribution is 2.52. The van der Waals surface area contributed by atoms with Crippen molar-refractivity contribution in [1.29, 1.82) is 0 Å². The van der Waals surface area contributed by atoms with E-state index in [2.05, 4.69) is 27.0 Å². The Bertz CT molecular complexity index is 1050. The summed E-state index contributed by atoms with van der Waals surface area (Å²) in [5.41, 5.74) is 0.725. The average molecular weight is 457 g/mol. The van der Waals surface area contributed by atoms with Crippen LogP contribution in [-0.2, 0) is 4.79 Å². The molecular weight excluding hydrogens is 432 g/mol. The Balaban J connectivity index is 1.34. The van der Waals surface area contributed by atoms with Crippen molar-refractivity contribution in [2.75, 3.05) is 11.1 Å². The molecule has 2 saturated carbocycles. The van der Waals surface area contributed by atoms with Crippen molar-refractivity contribution in [2.45, 2.75) is 43.8 Å². The van der Waals surface area contributed by atoms with E-state index in [1.165, 1.54) is 37.4 Å². The molecule has 2 aromatic heterocycles. The molecule has 2 aliphatic rings. The van der Waals surface area contributed by atoms with E-state index >= 15 is 0 Å². The third-order valence-corrected chi connectivity index (χ3v) is 7.88. The molecule has 8 heteroatoms. The van der Waals surface area contributed by atoms with Crippen LogP contribution >= 0.6 is 23.4 Å². The predicted molar refractivity (Wildman–Crippen MR) is 122 cm³/mol. The van der Waals surface area contributed by atoms with Gasteiger partial charge in [0.2, 0.25) is 11.7 Å². The highest BCUT2D eigenvalue weighted by molar-refractivity contribution is 7.99. The second-order valence-electron chi connectivity index (χ2n) is 8.58. The van der Waals surface area contributed by atoms with Crippen LogP contribution in [0.4, 0.5) is 5.69 Å². The molecule has 5 rings (SSSR count). The van der Waals surface area contributed by atoms with Crippen LogP contribution in [0.1, 0.15) is 38.6 Å². The number of furan rings is 1. The number of rotatable bonds is 7. The Morgan fingerprint density at radius 2 is 2.10 bits per heavy atom. The number of aromatic nitrogens is 3. The van der Waals surface area contributed by atoms with Crippen LogP contribution in [0.2, 0.25) is 5.02 Å². The van der Waals surface area contributed by atoms with E-state index in [0.29, 0.717) is 16.7 Å². The average Bonchev–Trinajstić information content (AvgIpc) is 3.57. The summed E-state index contributed by atoms with van der Waals surface area (Å²) >= 11 is 7.33. The Labute approximate surface area is 190 Å². The number of anilines is 1. The quantitative estimate of drug-likeness (QED) is 0.447. The summed E-state index contributed by atoms with van der Waals surface area (Å²) in [6.45, 7) is 2.26. The minimum atomic E-state index is -0.0889. The van der Waals surface area contributed by atoms with Crippen molar-refractivity contribution in [3.8, 4) is 11.6 Å². The number of nitrogens with one attached hydrogen (secondary N) is 1. The first-order chi connectivity index (χ1) is 15.1. The summed E-state index contributed by atoms with van der Waals surface area (Å²) in [5.74, 6) is 3.86. The molecule has 1 N–H and O–H groups in total. The van der Waals surface area contributed by atoms with E-state index in [4.69, 9.17) is 16.0 Å². The fourth-order valence-electron chi connectivity index (χ4n) is 5.25. The maximum Gasteiger partial charge on any atom is 0.234 e. The summed E-state index contributed by atoms with van der Waals surface area (Å²) in [5, 5.41) is 13.2. The molecule has 2 heterocycles. The Kier molecular flexibility index (Phi) is 5.80. The van der Waals surface area contributed by atoms with Crippen LogP contribution in [0.3, 0.4) is 0 Å². The molecule has 2 aliphatic carbocycles. The Morgan fingerprint density at radius 1 is 1.26 bits per heavy atom. The van der Waals surface area contributed by atoms with Gasteiger partial charge in [-0.2, -0.15) is 0 Å². The van der Waals surface area contributed by atoms with Gasteiger partial charge < -0.3 is 9.73 Å². The number of amides is 1. The van der Waals surface area contributed by atoms with Gasteiger partial charge in [-0.1, -0.05) is 29.8 Å². The third-order valence-electron chi connectivity index (χ3n) is 6.69. The van der Waals surface area contributed by atoms with Gasteiger partial charge in [0, 0.05) is 16.8 Å². The largest absolute Gasteiger partial charge is 0.461 e. The molecule has 0 spiro atoms. The maximum atomic E-state index is 12.5. The minimum absolute atomic E-state index is 0.0889. The number of fused-ring (bicyclic) bond motifs is 2. The zero-order chi connectivity index (χ0) is 21.4. The molecule has 0 saturated heterocycles. The SMILES string of the molecule is C[C@H]([C@H]1C[C@H]2CC[C@H]1C2)n1c(SCC(=O)Nc2ccc(Cl)cc2)nnc1-c1ccco1. The lowest BCUT2D eigenvalue weighted by atomic mass is 9.84. The van der Waals surface area contributed by atoms with Gasteiger partial charge in [0.1, 0.15) is 0 Å². The normalized spacial score (nSPS) is 23.2. The Hall–Kier alpha value is -2.25. The highest BCUT2D eigenvalue weighted by atomic mass is 35.5. The summed E-state index contributed by atoms with van der Waals surface area (Å²) in [4.78, 5) is 12.5. The van der Waals surface area contributed by atoms with E-state index < -0.39 is 0 Å². The summed E-state index contributed by atoms with van der Waals surface area (Å²) < 4.78 is 7.82. The number of nitrogens with zero attached hydrogens (tertiary/aromatic N) is 3. The zero-order valence-electron chi connectivity index (χ0n) is 17.3. The van der Waals surface area contributed by atoms with Crippen molar-refractivity contribution >= 4 is 35.0 Å². The molecule has 2 fully saturated rings. The molecule has 1 amide bonds. The molecular formula is C23H25ClN4O2S. The van der Waals surface area contributed by atoms with Crippen LogP contribution in [0, 0.1) is 17.8 Å². The summed E-state index contributed by atoms with van der Waals surface area (Å²) in [6.07, 6.45) is 6.96. The molecule has 0 radical (unpaired) electrons. The zero-order valence-corrected chi connectivity index (χ0v) is 18.9. The number of hydrogen-bond acceptors (Lipinski definition) is 5. The van der Waals surface area contributed by atoms with Crippen molar-refractivity contribution in [3.63, 3.8) is 0 Å². The summed E-state index contributed by atoms with van der Waals surface area (Å²) in [7, 11) is 0. The van der Waals surface area contributed by atoms with Crippen molar-refractivity contribution in [1.82, 2.24) is 14.8 Å². The minimum Gasteiger partial charge on any atom is -0.461 e. The van der Waals surface area contributed by atoms with Crippen LogP contribution in [0.5, 0.6) is 0 Å². The lowest BCUT2D eigenvalue weighted by Crippen LogP contribution is -2.23. The first kappa shape index (κ1) is 20.6. The monoisotopic (exact) mass is 456 g/mol. The number of thioether (sulfide) groups is 1. The van der Waals surface area contributed by atoms with E-state index in [1.807, 2.05) is 12.1 Å². The van der Waals surface area contributed by atoms with Gasteiger partial charge in [-0.05, 0) is 80.3 Å². The molecule has 162 valence electrons. The van der Waals surface area contributed by atoms with Crippen molar-refractivity contribution in [3.05, 3.63) is 47.7 Å². The van der Waals surface area contributed by atoms with E-state index in [9.17, 15) is 4.79 Å². The fourth-order valence-corrected chi connectivity index (χ4v) is 6.20. The van der Waals surface area contributed by atoms with E-state index in [0.717, 1.165) is 28.5 Å². The van der Waals surface area contributed by atoms with Gasteiger partial charge in [-0.3, -0.25) is 9.36 Å².